The van der Waals surface area contributed by atoms with Gasteiger partial charge in [0.05, 0.1) is 42.7 Å². The monoisotopic (exact) mass is 682 g/mol. The van der Waals surface area contributed by atoms with Gasteiger partial charge in [-0.3, -0.25) is 9.80 Å². The first-order valence-electron chi connectivity index (χ1n) is 17.0. The summed E-state index contributed by atoms with van der Waals surface area (Å²) in [6.45, 7) is 1.80. The molecule has 3 aliphatic rings. The predicted octanol–water partition coefficient (Wildman–Crippen LogP) is 6.76. The molecule has 4 aromatic carbocycles. The molecule has 50 heavy (non-hydrogen) atoms. The van der Waals surface area contributed by atoms with Crippen molar-refractivity contribution in [1.29, 1.82) is 0 Å². The zero-order valence-corrected chi connectivity index (χ0v) is 30.1. The lowest BCUT2D eigenvalue weighted by Gasteiger charge is -2.41. The van der Waals surface area contributed by atoms with E-state index in [4.69, 9.17) is 33.2 Å². The van der Waals surface area contributed by atoms with Crippen LogP contribution in [-0.4, -0.2) is 84.7 Å². The van der Waals surface area contributed by atoms with Gasteiger partial charge >= 0.3 is 0 Å². The molecule has 10 nitrogen and oxygen atoms in total. The van der Waals surface area contributed by atoms with Gasteiger partial charge in [-0.2, -0.15) is 0 Å². The van der Waals surface area contributed by atoms with Crippen LogP contribution in [0.3, 0.4) is 0 Å². The van der Waals surface area contributed by atoms with Crippen molar-refractivity contribution >= 4 is 0 Å². The number of ether oxygens (including phenoxy) is 7. The number of methoxy groups -OCH3 is 6. The van der Waals surface area contributed by atoms with Crippen LogP contribution in [0.2, 0.25) is 0 Å². The second kappa shape index (κ2) is 13.5. The molecule has 0 radical (unpaired) electrons. The fourth-order valence-corrected chi connectivity index (χ4v) is 8.16. The Morgan fingerprint density at radius 2 is 1.34 bits per heavy atom. The zero-order valence-electron chi connectivity index (χ0n) is 30.1. The molecule has 2 aliphatic heterocycles. The highest BCUT2D eigenvalue weighted by Gasteiger charge is 2.41. The van der Waals surface area contributed by atoms with Gasteiger partial charge in [-0.05, 0) is 97.9 Å². The van der Waals surface area contributed by atoms with Crippen molar-refractivity contribution < 1.29 is 38.3 Å². The van der Waals surface area contributed by atoms with Crippen LogP contribution in [0.1, 0.15) is 45.5 Å². The van der Waals surface area contributed by atoms with Crippen LogP contribution < -0.4 is 33.2 Å². The lowest BCUT2D eigenvalue weighted by molar-refractivity contribution is 0.221. The van der Waals surface area contributed by atoms with Crippen molar-refractivity contribution in [1.82, 2.24) is 9.80 Å². The molecule has 1 N–H and O–H groups in total. The molecular weight excluding hydrogens is 636 g/mol. The van der Waals surface area contributed by atoms with Crippen molar-refractivity contribution in [3.8, 4) is 62.9 Å². The summed E-state index contributed by atoms with van der Waals surface area (Å²) in [6, 6.07) is 14.6. The van der Waals surface area contributed by atoms with Crippen molar-refractivity contribution in [2.45, 2.75) is 37.8 Å². The number of phenols is 1. The molecule has 0 bridgehead atoms. The Morgan fingerprint density at radius 1 is 0.680 bits per heavy atom. The highest BCUT2D eigenvalue weighted by Crippen LogP contribution is 2.60. The van der Waals surface area contributed by atoms with Crippen LogP contribution in [0.25, 0.3) is 11.1 Å². The summed E-state index contributed by atoms with van der Waals surface area (Å²) in [7, 11) is 14.1. The quantitative estimate of drug-likeness (QED) is 0.194. The lowest BCUT2D eigenvalue weighted by atomic mass is 9.75. The number of fused-ring (bicyclic) bond motifs is 3. The van der Waals surface area contributed by atoms with Crippen molar-refractivity contribution in [2.24, 2.45) is 0 Å². The Bertz CT molecular complexity index is 1920. The fraction of sp³-hybridized carbons (Fsp3) is 0.400. The normalized spacial score (nSPS) is 18.0. The number of benzene rings is 4. The number of aromatic hydroxyl groups is 1. The van der Waals surface area contributed by atoms with Gasteiger partial charge in [-0.25, -0.2) is 0 Å². The second-order valence-electron chi connectivity index (χ2n) is 13.2. The lowest BCUT2D eigenvalue weighted by Crippen LogP contribution is -2.36. The van der Waals surface area contributed by atoms with Gasteiger partial charge in [0, 0.05) is 41.9 Å². The van der Waals surface area contributed by atoms with Crippen LogP contribution in [0.4, 0.5) is 0 Å². The summed E-state index contributed by atoms with van der Waals surface area (Å²) in [5.74, 6) is 4.71. The third-order valence-electron chi connectivity index (χ3n) is 10.8. The molecule has 4 aromatic rings. The van der Waals surface area contributed by atoms with Crippen LogP contribution in [0.15, 0.2) is 42.5 Å². The summed E-state index contributed by atoms with van der Waals surface area (Å²) >= 11 is 0. The van der Waals surface area contributed by atoms with Gasteiger partial charge < -0.3 is 38.3 Å². The molecule has 0 fully saturated rings. The van der Waals surface area contributed by atoms with E-state index in [-0.39, 0.29) is 17.8 Å². The molecule has 2 heterocycles. The highest BCUT2D eigenvalue weighted by molar-refractivity contribution is 5.89. The van der Waals surface area contributed by atoms with Gasteiger partial charge in [0.25, 0.3) is 0 Å². The first-order valence-corrected chi connectivity index (χ1v) is 17.0. The minimum Gasteiger partial charge on any atom is -0.504 e. The summed E-state index contributed by atoms with van der Waals surface area (Å²) in [6.07, 6.45) is 3.21. The third kappa shape index (κ3) is 5.41. The molecule has 0 spiro atoms. The molecule has 7 rings (SSSR count). The van der Waals surface area contributed by atoms with E-state index in [9.17, 15) is 5.11 Å². The molecule has 0 aromatic heterocycles. The van der Waals surface area contributed by atoms with Crippen molar-refractivity contribution in [2.75, 3.05) is 69.8 Å². The fourth-order valence-electron chi connectivity index (χ4n) is 8.16. The average Bonchev–Trinajstić information content (AvgIpc) is 3.14. The largest absolute Gasteiger partial charge is 0.504 e. The molecule has 0 amide bonds. The van der Waals surface area contributed by atoms with Crippen LogP contribution >= 0.6 is 0 Å². The van der Waals surface area contributed by atoms with Crippen LogP contribution in [0.5, 0.6) is 51.7 Å². The first-order chi connectivity index (χ1) is 24.3. The van der Waals surface area contributed by atoms with E-state index in [0.29, 0.717) is 46.5 Å². The van der Waals surface area contributed by atoms with E-state index >= 15 is 0 Å². The molecule has 2 unspecified atom stereocenters. The Balaban J connectivity index is 1.27. The van der Waals surface area contributed by atoms with E-state index in [1.807, 2.05) is 18.2 Å². The van der Waals surface area contributed by atoms with Crippen molar-refractivity contribution in [3.05, 3.63) is 75.8 Å². The smallest absolute Gasteiger partial charge is 0.204 e. The number of hydrogen-bond acceptors (Lipinski definition) is 10. The van der Waals surface area contributed by atoms with E-state index in [1.54, 1.807) is 42.7 Å². The third-order valence-corrected chi connectivity index (χ3v) is 10.8. The Hall–Kier alpha value is -4.80. The number of phenolic OH excluding ortho intramolecular Hbond substituents is 1. The van der Waals surface area contributed by atoms with Crippen LogP contribution in [-0.2, 0) is 25.7 Å². The second-order valence-corrected chi connectivity index (χ2v) is 13.2. The van der Waals surface area contributed by atoms with E-state index in [0.717, 1.165) is 66.1 Å². The van der Waals surface area contributed by atoms with Crippen molar-refractivity contribution in [3.63, 3.8) is 0 Å². The topological polar surface area (TPSA) is 91.3 Å². The van der Waals surface area contributed by atoms with E-state index < -0.39 is 0 Å². The molecule has 1 aliphatic carbocycles. The maximum absolute atomic E-state index is 11.8. The summed E-state index contributed by atoms with van der Waals surface area (Å²) in [4.78, 5) is 4.72. The van der Waals surface area contributed by atoms with Crippen LogP contribution in [0, 0.1) is 0 Å². The number of nitrogens with zero attached hydrogens (tertiary/aromatic N) is 2. The van der Waals surface area contributed by atoms with E-state index in [1.165, 1.54) is 16.7 Å². The predicted molar refractivity (Wildman–Crippen MR) is 191 cm³/mol. The Labute approximate surface area is 294 Å². The maximum Gasteiger partial charge on any atom is 0.204 e. The van der Waals surface area contributed by atoms with Gasteiger partial charge in [-0.15, -0.1) is 0 Å². The minimum atomic E-state index is -0.0104. The van der Waals surface area contributed by atoms with Gasteiger partial charge in [0.2, 0.25) is 11.5 Å². The van der Waals surface area contributed by atoms with E-state index in [2.05, 4.69) is 48.2 Å². The van der Waals surface area contributed by atoms with Gasteiger partial charge in [0.1, 0.15) is 5.75 Å². The number of likely N-dealkylation sites (N-methyl/N-ethyl adjacent to an activating group) is 2. The highest BCUT2D eigenvalue weighted by atomic mass is 16.5. The minimum absolute atomic E-state index is 0.0104. The van der Waals surface area contributed by atoms with Gasteiger partial charge in [0.15, 0.2) is 34.5 Å². The Kier molecular flexibility index (Phi) is 9.09. The summed E-state index contributed by atoms with van der Waals surface area (Å²) in [5.41, 5.74) is 8.31. The molecular formula is C40H46N2O8. The van der Waals surface area contributed by atoms with Gasteiger partial charge in [-0.1, -0.05) is 12.1 Å². The molecule has 2 atom stereocenters. The zero-order chi connectivity index (χ0) is 35.3. The molecule has 264 valence electrons. The first kappa shape index (κ1) is 33.7. The Morgan fingerprint density at radius 3 is 2.00 bits per heavy atom. The SMILES string of the molecule is COc1cc2c(cc1OC)C(Cc1ccc(Oc3c4c(cc(OC)c3OC)-c3c(O)c(OC)c(OC)c5c3C(C4)N(C)CC5)cc1)N(C)CC2. The summed E-state index contributed by atoms with van der Waals surface area (Å²) in [5, 5.41) is 11.8. The number of rotatable bonds is 10. The molecule has 10 heteroatoms. The maximum atomic E-state index is 11.8. The molecule has 0 saturated carbocycles. The summed E-state index contributed by atoms with van der Waals surface area (Å²) < 4.78 is 41.3. The molecule has 0 saturated heterocycles. The number of hydrogen-bond donors (Lipinski definition) is 1. The average molecular weight is 683 g/mol. The standard InChI is InChI=1S/C40H46N2O8/c1-41-15-13-23-18-31(44-3)32(45-4)20-26(23)29(41)17-22-9-11-24(12-10-22)50-38-28-19-30-34-25(14-16-42(30)2)37(47-6)40(49-8)36(43)35(34)27(28)21-33(46-5)39(38)48-7/h9-12,18,20-21,29-30,43H,13-17,19H2,1-8H3.